The predicted molar refractivity (Wildman–Crippen MR) is 84.7 cm³/mol. The Kier molecular flexibility index (Phi) is 3.41. The van der Waals surface area contributed by atoms with Crippen LogP contribution in [0.3, 0.4) is 0 Å². The summed E-state index contributed by atoms with van der Waals surface area (Å²) < 4.78 is 2.55. The van der Waals surface area contributed by atoms with Crippen molar-refractivity contribution in [1.82, 2.24) is 14.4 Å². The Hall–Kier alpha value is -0.710. The van der Waals surface area contributed by atoms with Gasteiger partial charge in [0.15, 0.2) is 0 Å². The molecule has 3 aliphatic heterocycles. The number of likely N-dealkylation sites (tertiary alicyclic amines) is 1. The Balaban J connectivity index is 1.47. The molecular formula is C16H23N3S. The molecule has 3 aliphatic rings. The van der Waals surface area contributed by atoms with Crippen LogP contribution in [0.25, 0.3) is 0 Å². The number of thioether (sulfide) groups is 1. The molecule has 0 radical (unpaired) electrons. The van der Waals surface area contributed by atoms with Gasteiger partial charge in [0.25, 0.3) is 0 Å². The molecule has 1 unspecified atom stereocenters. The summed E-state index contributed by atoms with van der Waals surface area (Å²) in [6.07, 6.45) is 1.36. The molecule has 3 nitrogen and oxygen atoms in total. The van der Waals surface area contributed by atoms with Crippen molar-refractivity contribution in [1.29, 1.82) is 0 Å². The van der Waals surface area contributed by atoms with Crippen molar-refractivity contribution in [2.45, 2.75) is 26.1 Å². The fourth-order valence-corrected chi connectivity index (χ4v) is 4.89. The van der Waals surface area contributed by atoms with E-state index < -0.39 is 0 Å². The Morgan fingerprint density at radius 1 is 1.20 bits per heavy atom. The highest BCUT2D eigenvalue weighted by molar-refractivity contribution is 8.02. The topological polar surface area (TPSA) is 11.4 Å². The quantitative estimate of drug-likeness (QED) is 0.829. The second kappa shape index (κ2) is 5.24. The van der Waals surface area contributed by atoms with Crippen molar-refractivity contribution in [3.63, 3.8) is 0 Å². The fourth-order valence-electron chi connectivity index (χ4n) is 3.70. The molecule has 0 N–H and O–H groups in total. The molecule has 20 heavy (non-hydrogen) atoms. The van der Waals surface area contributed by atoms with Crippen LogP contribution in [0.15, 0.2) is 23.1 Å². The van der Waals surface area contributed by atoms with E-state index in [1.54, 1.807) is 5.57 Å². The van der Waals surface area contributed by atoms with Crippen LogP contribution >= 0.6 is 11.8 Å². The first-order chi connectivity index (χ1) is 9.79. The molecule has 1 fully saturated rings. The molecule has 0 aliphatic carbocycles. The zero-order valence-electron chi connectivity index (χ0n) is 12.2. The molecule has 1 aromatic rings. The monoisotopic (exact) mass is 289 g/mol. The van der Waals surface area contributed by atoms with E-state index in [1.165, 1.54) is 43.2 Å². The van der Waals surface area contributed by atoms with E-state index in [0.29, 0.717) is 0 Å². The van der Waals surface area contributed by atoms with Gasteiger partial charge >= 0.3 is 0 Å². The Morgan fingerprint density at radius 2 is 2.15 bits per heavy atom. The number of hydrogen-bond acceptors (Lipinski definition) is 3. The van der Waals surface area contributed by atoms with E-state index >= 15 is 0 Å². The SMILES string of the molecule is CN1CCn2c(ccc2CN2CCC3CSC=C3C2)C1. The zero-order valence-corrected chi connectivity index (χ0v) is 13.0. The summed E-state index contributed by atoms with van der Waals surface area (Å²) in [7, 11) is 2.21. The van der Waals surface area contributed by atoms with E-state index in [4.69, 9.17) is 0 Å². The normalized spacial score (nSPS) is 27.2. The second-order valence-corrected chi connectivity index (χ2v) is 7.33. The van der Waals surface area contributed by atoms with Gasteiger partial charge in [-0.2, -0.15) is 0 Å². The molecule has 108 valence electrons. The Bertz CT molecular complexity index is 534. The van der Waals surface area contributed by atoms with Crippen LogP contribution in [0.4, 0.5) is 0 Å². The highest BCUT2D eigenvalue weighted by Gasteiger charge is 2.27. The first-order valence-electron chi connectivity index (χ1n) is 7.68. The van der Waals surface area contributed by atoms with Crippen LogP contribution in [-0.2, 0) is 19.6 Å². The minimum Gasteiger partial charge on any atom is -0.345 e. The average molecular weight is 289 g/mol. The number of hydrogen-bond donors (Lipinski definition) is 0. The highest BCUT2D eigenvalue weighted by Crippen LogP contribution is 2.34. The Morgan fingerprint density at radius 3 is 3.10 bits per heavy atom. The third-order valence-corrected chi connectivity index (χ3v) is 6.01. The van der Waals surface area contributed by atoms with Gasteiger partial charge in [0, 0.05) is 49.9 Å². The molecule has 4 rings (SSSR count). The van der Waals surface area contributed by atoms with Crippen molar-refractivity contribution in [3.8, 4) is 0 Å². The van der Waals surface area contributed by atoms with E-state index in [1.807, 2.05) is 11.8 Å². The number of nitrogens with zero attached hydrogens (tertiary/aromatic N) is 3. The minimum atomic E-state index is 0.881. The summed E-state index contributed by atoms with van der Waals surface area (Å²) in [6.45, 7) is 7.02. The van der Waals surface area contributed by atoms with Gasteiger partial charge in [-0.3, -0.25) is 9.80 Å². The Labute approximate surface area is 125 Å². The highest BCUT2D eigenvalue weighted by atomic mass is 32.2. The second-order valence-electron chi connectivity index (χ2n) is 6.43. The molecule has 1 atom stereocenters. The van der Waals surface area contributed by atoms with Gasteiger partial charge in [-0.05, 0) is 49.0 Å². The van der Waals surface area contributed by atoms with Crippen LogP contribution in [0.1, 0.15) is 17.8 Å². The first-order valence-corrected chi connectivity index (χ1v) is 8.73. The van der Waals surface area contributed by atoms with Gasteiger partial charge in [0.1, 0.15) is 0 Å². The van der Waals surface area contributed by atoms with Crippen molar-refractivity contribution in [2.24, 2.45) is 5.92 Å². The number of fused-ring (bicyclic) bond motifs is 2. The summed E-state index contributed by atoms with van der Waals surface area (Å²) in [5.74, 6) is 2.21. The molecule has 0 spiro atoms. The number of rotatable bonds is 2. The van der Waals surface area contributed by atoms with Crippen molar-refractivity contribution < 1.29 is 0 Å². The van der Waals surface area contributed by atoms with Gasteiger partial charge < -0.3 is 4.57 Å². The van der Waals surface area contributed by atoms with E-state index in [9.17, 15) is 0 Å². The standard InChI is InChI=1S/C16H23N3S/c1-17-6-7-19-15(9-17)2-3-16(19)10-18-5-4-13-11-20-12-14(13)8-18/h2-3,12-13H,4-11H2,1H3. The van der Waals surface area contributed by atoms with Gasteiger partial charge in [-0.1, -0.05) is 0 Å². The molecule has 1 aromatic heterocycles. The van der Waals surface area contributed by atoms with Crippen molar-refractivity contribution >= 4 is 11.8 Å². The largest absolute Gasteiger partial charge is 0.345 e. The van der Waals surface area contributed by atoms with Crippen molar-refractivity contribution in [3.05, 3.63) is 34.5 Å². The van der Waals surface area contributed by atoms with Gasteiger partial charge in [-0.25, -0.2) is 0 Å². The van der Waals surface area contributed by atoms with Gasteiger partial charge in [0.05, 0.1) is 0 Å². The van der Waals surface area contributed by atoms with Crippen LogP contribution in [0, 0.1) is 5.92 Å². The zero-order chi connectivity index (χ0) is 13.5. The number of aromatic nitrogens is 1. The molecule has 4 heteroatoms. The summed E-state index contributed by atoms with van der Waals surface area (Å²) in [6, 6.07) is 4.67. The summed E-state index contributed by atoms with van der Waals surface area (Å²) in [4.78, 5) is 5.04. The fraction of sp³-hybridized carbons (Fsp3) is 0.625. The maximum atomic E-state index is 2.63. The van der Waals surface area contributed by atoms with Gasteiger partial charge in [-0.15, -0.1) is 11.8 Å². The molecule has 1 saturated heterocycles. The van der Waals surface area contributed by atoms with E-state index in [2.05, 4.69) is 39.0 Å². The van der Waals surface area contributed by atoms with Crippen LogP contribution in [0.2, 0.25) is 0 Å². The van der Waals surface area contributed by atoms with E-state index in [-0.39, 0.29) is 0 Å². The predicted octanol–water partition coefficient (Wildman–Crippen LogP) is 2.39. The molecule has 0 bridgehead atoms. The lowest BCUT2D eigenvalue weighted by Crippen LogP contribution is -2.36. The van der Waals surface area contributed by atoms with Crippen LogP contribution in [0.5, 0.6) is 0 Å². The third kappa shape index (κ3) is 2.34. The molecule has 0 amide bonds. The van der Waals surface area contributed by atoms with Crippen molar-refractivity contribution in [2.75, 3.05) is 32.4 Å². The molecular weight excluding hydrogens is 266 g/mol. The summed E-state index contributed by atoms with van der Waals surface area (Å²) >= 11 is 2.01. The van der Waals surface area contributed by atoms with E-state index in [0.717, 1.165) is 25.6 Å². The molecule has 0 aromatic carbocycles. The molecule has 4 heterocycles. The number of piperidine rings is 1. The molecule has 0 saturated carbocycles. The summed E-state index contributed by atoms with van der Waals surface area (Å²) in [5, 5.41) is 2.42. The third-order valence-electron chi connectivity index (χ3n) is 4.94. The average Bonchev–Trinajstić information content (AvgIpc) is 3.05. The lowest BCUT2D eigenvalue weighted by Gasteiger charge is -2.33. The maximum Gasteiger partial charge on any atom is 0.0390 e. The number of likely N-dealkylation sites (N-methyl/N-ethyl adjacent to an activating group) is 1. The van der Waals surface area contributed by atoms with Crippen LogP contribution in [-0.4, -0.2) is 46.8 Å². The van der Waals surface area contributed by atoms with Crippen LogP contribution < -0.4 is 0 Å². The minimum absolute atomic E-state index is 0.881. The van der Waals surface area contributed by atoms with Gasteiger partial charge in [0.2, 0.25) is 0 Å². The lowest BCUT2D eigenvalue weighted by atomic mass is 9.94. The smallest absolute Gasteiger partial charge is 0.0390 e. The summed E-state index contributed by atoms with van der Waals surface area (Å²) in [5.41, 5.74) is 4.68. The maximum absolute atomic E-state index is 2.63. The lowest BCUT2D eigenvalue weighted by molar-refractivity contribution is 0.221. The first kappa shape index (κ1) is 13.0.